The fraction of sp³-hybridized carbons (Fsp3) is 0.364. The molecule has 0 bridgehead atoms. The van der Waals surface area contributed by atoms with Gasteiger partial charge in [-0.05, 0) is 54.7 Å². The Hall–Kier alpha value is -3.49. The normalized spacial score (nSPS) is 16.3. The molecule has 1 aromatic carbocycles. The predicted molar refractivity (Wildman–Crippen MR) is 108 cm³/mol. The first kappa shape index (κ1) is 20.8. The fourth-order valence-corrected chi connectivity index (χ4v) is 3.93. The summed E-state index contributed by atoms with van der Waals surface area (Å²) >= 11 is 0. The molecule has 2 heterocycles. The lowest BCUT2D eigenvalue weighted by Gasteiger charge is -2.30. The van der Waals surface area contributed by atoms with Crippen molar-refractivity contribution in [1.82, 2.24) is 14.8 Å². The lowest BCUT2D eigenvalue weighted by Crippen LogP contribution is -2.47. The van der Waals surface area contributed by atoms with Crippen molar-refractivity contribution < 1.29 is 23.5 Å². The summed E-state index contributed by atoms with van der Waals surface area (Å²) in [5, 5.41) is 2.68. The smallest absolute Gasteiger partial charge is 0.331 e. The van der Waals surface area contributed by atoms with E-state index in [1.54, 1.807) is 11.1 Å². The van der Waals surface area contributed by atoms with Crippen LogP contribution >= 0.6 is 0 Å². The zero-order valence-corrected chi connectivity index (χ0v) is 17.2. The molecule has 0 atom stereocenters. The number of benzene rings is 1. The van der Waals surface area contributed by atoms with E-state index in [4.69, 9.17) is 4.74 Å². The Labute approximate surface area is 177 Å². The number of ether oxygens (including phenoxy) is 1. The molecule has 1 aliphatic carbocycles. The van der Waals surface area contributed by atoms with Crippen molar-refractivity contribution in [3.05, 3.63) is 63.3 Å². The molecule has 9 heteroatoms. The van der Waals surface area contributed by atoms with Crippen LogP contribution in [0.1, 0.15) is 41.3 Å². The molecule has 1 N–H and O–H groups in total. The van der Waals surface area contributed by atoms with Crippen LogP contribution < -0.4 is 10.9 Å². The Morgan fingerprint density at radius 2 is 1.84 bits per heavy atom. The van der Waals surface area contributed by atoms with Gasteiger partial charge in [0, 0.05) is 31.9 Å². The maximum Gasteiger partial charge on any atom is 0.331 e. The average Bonchev–Trinajstić information content (AvgIpc) is 3.53. The van der Waals surface area contributed by atoms with Crippen molar-refractivity contribution in [2.75, 3.05) is 13.7 Å². The molecule has 0 radical (unpaired) electrons. The SMILES string of the molecule is COC(=O)C1(NC(=O)c2c3c(cn(-c4ccc(F)cc4)c2=O)CN(C(C)=O)CC3)CC1. The first-order valence-corrected chi connectivity index (χ1v) is 9.95. The quantitative estimate of drug-likeness (QED) is 0.743. The molecule has 0 saturated heterocycles. The topological polar surface area (TPSA) is 97.7 Å². The molecular weight excluding hydrogens is 405 g/mol. The number of nitrogens with one attached hydrogen (secondary N) is 1. The summed E-state index contributed by atoms with van der Waals surface area (Å²) in [6.07, 6.45) is 2.79. The van der Waals surface area contributed by atoms with E-state index in [9.17, 15) is 23.6 Å². The molecule has 1 saturated carbocycles. The zero-order chi connectivity index (χ0) is 22.3. The van der Waals surface area contributed by atoms with Crippen molar-refractivity contribution in [1.29, 1.82) is 0 Å². The van der Waals surface area contributed by atoms with Gasteiger partial charge >= 0.3 is 5.97 Å². The number of pyridine rings is 1. The van der Waals surface area contributed by atoms with Gasteiger partial charge < -0.3 is 15.0 Å². The number of fused-ring (bicyclic) bond motifs is 1. The van der Waals surface area contributed by atoms with Gasteiger partial charge in [0.05, 0.1) is 7.11 Å². The van der Waals surface area contributed by atoms with Crippen LogP contribution in [0.4, 0.5) is 4.39 Å². The van der Waals surface area contributed by atoms with Gasteiger partial charge in [-0.15, -0.1) is 0 Å². The summed E-state index contributed by atoms with van der Waals surface area (Å²) in [5.41, 5.74) is -0.156. The number of methoxy groups -OCH3 is 1. The summed E-state index contributed by atoms with van der Waals surface area (Å²) < 4.78 is 19.4. The van der Waals surface area contributed by atoms with Crippen LogP contribution in [0.2, 0.25) is 0 Å². The molecule has 0 spiro atoms. The molecular formula is C22H22FN3O5. The van der Waals surface area contributed by atoms with E-state index >= 15 is 0 Å². The summed E-state index contributed by atoms with van der Waals surface area (Å²) in [4.78, 5) is 52.1. The van der Waals surface area contributed by atoms with Crippen molar-refractivity contribution in [3.63, 3.8) is 0 Å². The Bertz CT molecular complexity index is 1140. The van der Waals surface area contributed by atoms with Gasteiger partial charge in [-0.1, -0.05) is 0 Å². The molecule has 1 fully saturated rings. The second-order valence-electron chi connectivity index (χ2n) is 7.88. The third-order valence-corrected chi connectivity index (χ3v) is 5.86. The number of hydrogen-bond acceptors (Lipinski definition) is 5. The molecule has 0 unspecified atom stereocenters. The first-order valence-electron chi connectivity index (χ1n) is 9.95. The average molecular weight is 427 g/mol. The van der Waals surface area contributed by atoms with Gasteiger partial charge in [-0.2, -0.15) is 0 Å². The summed E-state index contributed by atoms with van der Waals surface area (Å²) in [7, 11) is 1.25. The number of rotatable bonds is 4. The highest BCUT2D eigenvalue weighted by Gasteiger charge is 2.53. The van der Waals surface area contributed by atoms with E-state index in [1.165, 1.54) is 42.9 Å². The van der Waals surface area contributed by atoms with Gasteiger partial charge in [0.2, 0.25) is 5.91 Å². The van der Waals surface area contributed by atoms with Crippen molar-refractivity contribution in [3.8, 4) is 5.69 Å². The van der Waals surface area contributed by atoms with Crippen LogP contribution in [-0.2, 0) is 27.3 Å². The minimum atomic E-state index is -1.11. The van der Waals surface area contributed by atoms with Gasteiger partial charge in [0.1, 0.15) is 16.9 Å². The number of esters is 1. The maximum atomic E-state index is 13.4. The molecule has 2 amide bonds. The van der Waals surface area contributed by atoms with Crippen LogP contribution in [-0.4, -0.2) is 46.4 Å². The summed E-state index contributed by atoms with van der Waals surface area (Å²) in [5.74, 6) is -1.77. The number of nitrogens with zero attached hydrogens (tertiary/aromatic N) is 2. The fourth-order valence-electron chi connectivity index (χ4n) is 3.93. The Kier molecular flexibility index (Phi) is 5.12. The van der Waals surface area contributed by atoms with E-state index in [1.807, 2.05) is 0 Å². The van der Waals surface area contributed by atoms with E-state index in [-0.39, 0.29) is 18.0 Å². The molecule has 2 aliphatic rings. The minimum Gasteiger partial charge on any atom is -0.467 e. The molecule has 8 nitrogen and oxygen atoms in total. The van der Waals surface area contributed by atoms with Gasteiger partial charge in [-0.25, -0.2) is 9.18 Å². The number of aromatic nitrogens is 1. The Balaban J connectivity index is 1.82. The van der Waals surface area contributed by atoms with E-state index < -0.39 is 28.8 Å². The number of hydrogen-bond donors (Lipinski definition) is 1. The third kappa shape index (κ3) is 3.71. The third-order valence-electron chi connectivity index (χ3n) is 5.86. The van der Waals surface area contributed by atoms with E-state index in [0.29, 0.717) is 42.6 Å². The van der Waals surface area contributed by atoms with E-state index in [2.05, 4.69) is 5.32 Å². The summed E-state index contributed by atoms with van der Waals surface area (Å²) in [6.45, 7) is 2.08. The maximum absolute atomic E-state index is 13.4. The van der Waals surface area contributed by atoms with Crippen LogP contribution in [0.5, 0.6) is 0 Å². The Morgan fingerprint density at radius 3 is 2.42 bits per heavy atom. The number of halogens is 1. The molecule has 162 valence electrons. The lowest BCUT2D eigenvalue weighted by molar-refractivity contribution is -0.144. The van der Waals surface area contributed by atoms with Crippen LogP contribution in [0, 0.1) is 5.82 Å². The second kappa shape index (κ2) is 7.64. The summed E-state index contributed by atoms with van der Waals surface area (Å²) in [6, 6.07) is 5.32. The number of amides is 2. The predicted octanol–water partition coefficient (Wildman–Crippen LogP) is 1.32. The van der Waals surface area contributed by atoms with Crippen molar-refractivity contribution in [2.45, 2.75) is 38.3 Å². The molecule has 1 aromatic heterocycles. The Morgan fingerprint density at radius 1 is 1.16 bits per heavy atom. The van der Waals surface area contributed by atoms with Crippen LogP contribution in [0.3, 0.4) is 0 Å². The van der Waals surface area contributed by atoms with Crippen LogP contribution in [0.15, 0.2) is 35.3 Å². The highest BCUT2D eigenvalue weighted by Crippen LogP contribution is 2.37. The molecule has 2 aromatic rings. The van der Waals surface area contributed by atoms with Gasteiger partial charge in [0.25, 0.3) is 11.5 Å². The lowest BCUT2D eigenvalue weighted by atomic mass is 9.95. The van der Waals surface area contributed by atoms with E-state index in [0.717, 1.165) is 0 Å². The largest absolute Gasteiger partial charge is 0.467 e. The standard InChI is InChI=1S/C22H22FN3O5/c1-13(27)25-10-7-17-14(11-25)12-26(16-5-3-15(23)4-6-16)20(29)18(17)19(28)24-22(8-9-22)21(30)31-2/h3-6,12H,7-11H2,1-2H3,(H,24,28). The zero-order valence-electron chi connectivity index (χ0n) is 17.2. The first-order chi connectivity index (χ1) is 14.8. The van der Waals surface area contributed by atoms with Gasteiger partial charge in [0.15, 0.2) is 0 Å². The van der Waals surface area contributed by atoms with Crippen molar-refractivity contribution in [2.24, 2.45) is 0 Å². The number of carbonyl (C=O) groups is 3. The monoisotopic (exact) mass is 427 g/mol. The molecule has 31 heavy (non-hydrogen) atoms. The van der Waals surface area contributed by atoms with Gasteiger partial charge in [-0.3, -0.25) is 19.0 Å². The van der Waals surface area contributed by atoms with Crippen molar-refractivity contribution >= 4 is 17.8 Å². The highest BCUT2D eigenvalue weighted by atomic mass is 19.1. The number of carbonyl (C=O) groups excluding carboxylic acids is 3. The van der Waals surface area contributed by atoms with Crippen LogP contribution in [0.25, 0.3) is 5.69 Å². The second-order valence-corrected chi connectivity index (χ2v) is 7.88. The molecule has 4 rings (SSSR count). The minimum absolute atomic E-state index is 0.0693. The highest BCUT2D eigenvalue weighted by molar-refractivity contribution is 6.00. The molecule has 1 aliphatic heterocycles.